The number of halogens is 1. The predicted molar refractivity (Wildman–Crippen MR) is 145 cm³/mol. The van der Waals surface area contributed by atoms with Gasteiger partial charge in [-0.25, -0.2) is 4.39 Å². The van der Waals surface area contributed by atoms with Crippen molar-refractivity contribution < 1.29 is 23.8 Å². The number of hydrogen-bond donors (Lipinski definition) is 1. The van der Waals surface area contributed by atoms with E-state index < -0.39 is 5.97 Å². The van der Waals surface area contributed by atoms with Crippen molar-refractivity contribution in [1.82, 2.24) is 4.98 Å². The van der Waals surface area contributed by atoms with Crippen molar-refractivity contribution in [2.24, 2.45) is 0 Å². The van der Waals surface area contributed by atoms with Gasteiger partial charge in [-0.3, -0.25) is 9.78 Å². The number of aliphatic carboxylic acids is 1. The molecule has 38 heavy (non-hydrogen) atoms. The van der Waals surface area contributed by atoms with Crippen LogP contribution in [0.15, 0.2) is 66.7 Å². The largest absolute Gasteiger partial charge is 0.493 e. The van der Waals surface area contributed by atoms with Crippen LogP contribution in [-0.2, 0) is 24.1 Å². The van der Waals surface area contributed by atoms with Gasteiger partial charge < -0.3 is 14.6 Å². The number of aryl methyl sites for hydroxylation is 3. The number of nitrogens with zero attached hydrogens (tertiary/aromatic N) is 1. The van der Waals surface area contributed by atoms with Crippen molar-refractivity contribution in [2.45, 2.75) is 39.5 Å². The van der Waals surface area contributed by atoms with Gasteiger partial charge >= 0.3 is 5.97 Å². The molecule has 4 aromatic rings. The van der Waals surface area contributed by atoms with Crippen LogP contribution in [0.3, 0.4) is 0 Å². The van der Waals surface area contributed by atoms with Gasteiger partial charge in [0.25, 0.3) is 0 Å². The molecule has 0 saturated heterocycles. The molecule has 0 unspecified atom stereocenters. The Labute approximate surface area is 221 Å². The summed E-state index contributed by atoms with van der Waals surface area (Å²) >= 11 is 0. The normalized spacial score (nSPS) is 12.5. The van der Waals surface area contributed by atoms with E-state index in [1.54, 1.807) is 12.1 Å². The standard InChI is InChI=1S/C32H30FNO4/c1-20-27(19-30(35)36)32(25-11-14-29-24(18-25)7-5-16-38-29)31(21(2)34-20)23-9-12-26(13-10-23)37-17-15-22-6-3-4-8-28(22)33/h3-4,6,8-14,18H,5,7,15-17,19H2,1-2H3,(H,35,36). The van der Waals surface area contributed by atoms with Crippen LogP contribution in [0.2, 0.25) is 0 Å². The first-order valence-corrected chi connectivity index (χ1v) is 12.9. The van der Waals surface area contributed by atoms with Crippen LogP contribution in [0, 0.1) is 19.7 Å². The number of fused-ring (bicyclic) bond motifs is 1. The molecule has 5 nitrogen and oxygen atoms in total. The zero-order valence-electron chi connectivity index (χ0n) is 21.6. The molecule has 194 valence electrons. The van der Waals surface area contributed by atoms with E-state index >= 15 is 0 Å². The van der Waals surface area contributed by atoms with E-state index in [2.05, 4.69) is 6.07 Å². The Morgan fingerprint density at radius 2 is 1.76 bits per heavy atom. The molecule has 0 spiro atoms. The Bertz CT molecular complexity index is 1480. The van der Waals surface area contributed by atoms with E-state index in [-0.39, 0.29) is 12.2 Å². The molecule has 0 bridgehead atoms. The lowest BCUT2D eigenvalue weighted by Crippen LogP contribution is -2.10. The van der Waals surface area contributed by atoms with E-state index in [0.717, 1.165) is 52.1 Å². The fourth-order valence-electron chi connectivity index (χ4n) is 5.14. The van der Waals surface area contributed by atoms with E-state index in [0.29, 0.717) is 42.2 Å². The van der Waals surface area contributed by atoms with Gasteiger partial charge in [0.05, 0.1) is 19.6 Å². The molecule has 0 aliphatic carbocycles. The molecule has 0 fully saturated rings. The van der Waals surface area contributed by atoms with E-state index in [1.807, 2.05) is 56.3 Å². The highest BCUT2D eigenvalue weighted by molar-refractivity contribution is 5.90. The number of aromatic nitrogens is 1. The highest BCUT2D eigenvalue weighted by Crippen LogP contribution is 2.41. The highest BCUT2D eigenvalue weighted by Gasteiger charge is 2.22. The summed E-state index contributed by atoms with van der Waals surface area (Å²) in [6, 6.07) is 20.5. The molecule has 1 aliphatic heterocycles. The Morgan fingerprint density at radius 3 is 2.53 bits per heavy atom. The molecular formula is C32H30FNO4. The number of hydrogen-bond acceptors (Lipinski definition) is 4. The molecule has 0 atom stereocenters. The third kappa shape index (κ3) is 5.40. The minimum atomic E-state index is -0.897. The molecule has 2 heterocycles. The number of benzene rings is 3. The second-order valence-electron chi connectivity index (χ2n) is 9.57. The van der Waals surface area contributed by atoms with Gasteiger partial charge in [0, 0.05) is 23.4 Å². The smallest absolute Gasteiger partial charge is 0.307 e. The number of carbonyl (C=O) groups is 1. The Morgan fingerprint density at radius 1 is 1.00 bits per heavy atom. The van der Waals surface area contributed by atoms with Crippen LogP contribution in [-0.4, -0.2) is 29.3 Å². The Hall–Kier alpha value is -4.19. The predicted octanol–water partition coefficient (Wildman–Crippen LogP) is 6.75. The van der Waals surface area contributed by atoms with Crippen molar-refractivity contribution in [1.29, 1.82) is 0 Å². The van der Waals surface area contributed by atoms with Crippen LogP contribution in [0.5, 0.6) is 11.5 Å². The highest BCUT2D eigenvalue weighted by atomic mass is 19.1. The average Bonchev–Trinajstić information content (AvgIpc) is 2.91. The second kappa shape index (κ2) is 11.1. The fraction of sp³-hybridized carbons (Fsp3) is 0.250. The Kier molecular flexibility index (Phi) is 7.40. The average molecular weight is 512 g/mol. The molecule has 6 heteroatoms. The van der Waals surface area contributed by atoms with Gasteiger partial charge in [0.1, 0.15) is 17.3 Å². The lowest BCUT2D eigenvalue weighted by molar-refractivity contribution is -0.136. The molecule has 1 N–H and O–H groups in total. The maximum absolute atomic E-state index is 13.9. The van der Waals surface area contributed by atoms with Gasteiger partial charge in [-0.2, -0.15) is 0 Å². The zero-order chi connectivity index (χ0) is 26.6. The summed E-state index contributed by atoms with van der Waals surface area (Å²) in [5.41, 5.74) is 7.68. The van der Waals surface area contributed by atoms with Gasteiger partial charge in [0.15, 0.2) is 0 Å². The van der Waals surface area contributed by atoms with E-state index in [1.165, 1.54) is 6.07 Å². The maximum atomic E-state index is 13.9. The van der Waals surface area contributed by atoms with Crippen molar-refractivity contribution in [3.05, 3.63) is 101 Å². The quantitative estimate of drug-likeness (QED) is 0.284. The molecule has 5 rings (SSSR count). The summed E-state index contributed by atoms with van der Waals surface area (Å²) in [4.78, 5) is 16.6. The van der Waals surface area contributed by atoms with Crippen LogP contribution in [0.25, 0.3) is 22.3 Å². The molecule has 0 radical (unpaired) electrons. The first-order chi connectivity index (χ1) is 18.4. The molecule has 1 aliphatic rings. The van der Waals surface area contributed by atoms with Crippen LogP contribution < -0.4 is 9.47 Å². The molecule has 0 saturated carbocycles. The molecular weight excluding hydrogens is 481 g/mol. The minimum Gasteiger partial charge on any atom is -0.493 e. The number of ether oxygens (including phenoxy) is 2. The lowest BCUT2D eigenvalue weighted by atomic mass is 9.86. The van der Waals surface area contributed by atoms with Gasteiger partial charge in [0.2, 0.25) is 0 Å². The number of carboxylic acid groups (broad SMARTS) is 1. The first-order valence-electron chi connectivity index (χ1n) is 12.9. The summed E-state index contributed by atoms with van der Waals surface area (Å²) in [5.74, 6) is 0.444. The summed E-state index contributed by atoms with van der Waals surface area (Å²) in [7, 11) is 0. The maximum Gasteiger partial charge on any atom is 0.307 e. The van der Waals surface area contributed by atoms with Crippen LogP contribution >= 0.6 is 0 Å². The number of pyridine rings is 1. The Balaban J connectivity index is 1.50. The van der Waals surface area contributed by atoms with E-state index in [4.69, 9.17) is 14.5 Å². The van der Waals surface area contributed by atoms with Crippen LogP contribution in [0.1, 0.15) is 34.5 Å². The molecule has 0 amide bonds. The van der Waals surface area contributed by atoms with Gasteiger partial charge in [-0.15, -0.1) is 0 Å². The second-order valence-corrected chi connectivity index (χ2v) is 9.57. The van der Waals surface area contributed by atoms with Gasteiger partial charge in [-0.1, -0.05) is 36.4 Å². The van der Waals surface area contributed by atoms with Gasteiger partial charge in [-0.05, 0) is 90.4 Å². The SMILES string of the molecule is Cc1nc(C)c(-c2ccc(OCCc3ccccc3F)cc2)c(-c2ccc3c(c2)CCCO3)c1CC(=O)O. The van der Waals surface area contributed by atoms with Crippen LogP contribution in [0.4, 0.5) is 4.39 Å². The fourth-order valence-corrected chi connectivity index (χ4v) is 5.14. The molecule has 3 aromatic carbocycles. The van der Waals surface area contributed by atoms with Crippen molar-refractivity contribution >= 4 is 5.97 Å². The summed E-state index contributed by atoms with van der Waals surface area (Å²) in [6.07, 6.45) is 2.24. The topological polar surface area (TPSA) is 68.7 Å². The first kappa shape index (κ1) is 25.5. The van der Waals surface area contributed by atoms with E-state index in [9.17, 15) is 14.3 Å². The number of rotatable bonds is 8. The third-order valence-electron chi connectivity index (χ3n) is 6.95. The lowest BCUT2D eigenvalue weighted by Gasteiger charge is -2.22. The summed E-state index contributed by atoms with van der Waals surface area (Å²) in [6.45, 7) is 4.89. The summed E-state index contributed by atoms with van der Waals surface area (Å²) in [5, 5.41) is 9.72. The zero-order valence-corrected chi connectivity index (χ0v) is 21.6. The minimum absolute atomic E-state index is 0.119. The third-order valence-corrected chi connectivity index (χ3v) is 6.95. The molecule has 1 aromatic heterocycles. The van der Waals surface area contributed by atoms with Crippen molar-refractivity contribution in [2.75, 3.05) is 13.2 Å². The summed E-state index contributed by atoms with van der Waals surface area (Å²) < 4.78 is 25.6. The van der Waals surface area contributed by atoms with Crippen molar-refractivity contribution in [3.8, 4) is 33.8 Å². The monoisotopic (exact) mass is 511 g/mol. The number of carboxylic acids is 1. The van der Waals surface area contributed by atoms with Crippen molar-refractivity contribution in [3.63, 3.8) is 0 Å².